The van der Waals surface area contributed by atoms with Crippen molar-refractivity contribution in [3.05, 3.63) is 51.9 Å². The summed E-state index contributed by atoms with van der Waals surface area (Å²) < 4.78 is 2.53. The van der Waals surface area contributed by atoms with Gasteiger partial charge >= 0.3 is 5.97 Å². The summed E-state index contributed by atoms with van der Waals surface area (Å²) in [6.45, 7) is 0. The number of carboxylic acid groups (broad SMARTS) is 1. The van der Waals surface area contributed by atoms with Crippen molar-refractivity contribution in [3.63, 3.8) is 0 Å². The molecule has 1 aromatic carbocycles. The fraction of sp³-hybridized carbons (Fsp3) is 0. The average molecular weight is 365 g/mol. The lowest BCUT2D eigenvalue weighted by Crippen LogP contribution is -2.04. The molecule has 2 aromatic heterocycles. The van der Waals surface area contributed by atoms with E-state index in [1.807, 2.05) is 6.07 Å². The molecule has 0 atom stereocenters. The maximum atomic E-state index is 11.3. The number of para-hydroxylation sites is 1. The quantitative estimate of drug-likeness (QED) is 0.710. The molecule has 0 saturated heterocycles. The molecule has 5 nitrogen and oxygen atoms in total. The van der Waals surface area contributed by atoms with Crippen molar-refractivity contribution in [3.8, 4) is 5.82 Å². The van der Waals surface area contributed by atoms with Gasteiger partial charge in [0.15, 0.2) is 5.82 Å². The first-order chi connectivity index (χ1) is 9.15. The van der Waals surface area contributed by atoms with Gasteiger partial charge in [-0.2, -0.15) is 5.10 Å². The Kier molecular flexibility index (Phi) is 2.94. The van der Waals surface area contributed by atoms with Crippen molar-refractivity contribution in [2.45, 2.75) is 0 Å². The highest BCUT2D eigenvalue weighted by Gasteiger charge is 2.12. The summed E-state index contributed by atoms with van der Waals surface area (Å²) in [6.07, 6.45) is 3.49. The number of nitrogens with zero attached hydrogens (tertiary/aromatic N) is 3. The molecule has 0 fully saturated rings. The lowest BCUT2D eigenvalue weighted by Gasteiger charge is -2.06. The molecule has 19 heavy (non-hydrogen) atoms. The summed E-state index contributed by atoms with van der Waals surface area (Å²) in [6, 6.07) is 8.71. The lowest BCUT2D eigenvalue weighted by molar-refractivity contribution is 0.0699. The van der Waals surface area contributed by atoms with Gasteiger partial charge in [-0.15, -0.1) is 0 Å². The minimum absolute atomic E-state index is 0.228. The van der Waals surface area contributed by atoms with Crippen molar-refractivity contribution in [2.24, 2.45) is 0 Å². The molecule has 94 valence electrons. The largest absolute Gasteiger partial charge is 0.478 e. The second-order valence-corrected chi connectivity index (χ2v) is 5.20. The molecule has 0 spiro atoms. The monoisotopic (exact) mass is 365 g/mol. The smallest absolute Gasteiger partial charge is 0.336 e. The molecule has 0 aliphatic carbocycles. The Bertz CT molecular complexity index is 782. The minimum Gasteiger partial charge on any atom is -0.478 e. The van der Waals surface area contributed by atoms with E-state index >= 15 is 0 Å². The first kappa shape index (κ1) is 12.1. The van der Waals surface area contributed by atoms with Crippen LogP contribution in [0.5, 0.6) is 0 Å². The zero-order chi connectivity index (χ0) is 13.4. The molecule has 0 unspecified atom stereocenters. The van der Waals surface area contributed by atoms with E-state index in [0.717, 1.165) is 3.57 Å². The molecule has 1 N–H and O–H groups in total. The predicted octanol–water partition coefficient (Wildman–Crippen LogP) is 2.72. The van der Waals surface area contributed by atoms with Crippen molar-refractivity contribution >= 4 is 39.5 Å². The van der Waals surface area contributed by atoms with Crippen LogP contribution in [0.3, 0.4) is 0 Å². The first-order valence-corrected chi connectivity index (χ1v) is 6.56. The molecule has 0 aliphatic heterocycles. The fourth-order valence-corrected chi connectivity index (χ4v) is 2.27. The van der Waals surface area contributed by atoms with Crippen LogP contribution in [0.1, 0.15) is 10.4 Å². The van der Waals surface area contributed by atoms with Crippen LogP contribution in [0.4, 0.5) is 0 Å². The number of pyridine rings is 1. The number of rotatable bonds is 2. The second kappa shape index (κ2) is 4.61. The van der Waals surface area contributed by atoms with Crippen LogP contribution in [-0.4, -0.2) is 25.8 Å². The lowest BCUT2D eigenvalue weighted by atomic mass is 10.1. The third kappa shape index (κ3) is 2.19. The third-order valence-electron chi connectivity index (χ3n) is 2.72. The van der Waals surface area contributed by atoms with Crippen molar-refractivity contribution in [2.75, 3.05) is 0 Å². The summed E-state index contributed by atoms with van der Waals surface area (Å²) in [5.41, 5.74) is 0.869. The van der Waals surface area contributed by atoms with Crippen LogP contribution in [0.2, 0.25) is 0 Å². The zero-order valence-electron chi connectivity index (χ0n) is 9.62. The summed E-state index contributed by atoms with van der Waals surface area (Å²) >= 11 is 2.14. The van der Waals surface area contributed by atoms with Crippen molar-refractivity contribution < 1.29 is 9.90 Å². The number of aromatic carboxylic acids is 1. The normalized spacial score (nSPS) is 10.8. The highest BCUT2D eigenvalue weighted by molar-refractivity contribution is 14.1. The topological polar surface area (TPSA) is 68.0 Å². The molecule has 0 saturated carbocycles. The van der Waals surface area contributed by atoms with E-state index in [1.165, 1.54) is 6.07 Å². The van der Waals surface area contributed by atoms with Gasteiger partial charge in [0, 0.05) is 11.6 Å². The van der Waals surface area contributed by atoms with Gasteiger partial charge in [-0.25, -0.2) is 14.5 Å². The van der Waals surface area contributed by atoms with Crippen LogP contribution < -0.4 is 0 Å². The Hall–Kier alpha value is -1.96. The summed E-state index contributed by atoms with van der Waals surface area (Å²) in [4.78, 5) is 15.8. The van der Waals surface area contributed by atoms with Crippen molar-refractivity contribution in [1.29, 1.82) is 0 Å². The van der Waals surface area contributed by atoms with E-state index < -0.39 is 5.97 Å². The van der Waals surface area contributed by atoms with Gasteiger partial charge in [-0.1, -0.05) is 18.2 Å². The minimum atomic E-state index is -0.971. The SMILES string of the molecule is O=C(O)c1cc(-n2cc(I)cn2)nc2ccccc12. The standard InChI is InChI=1S/C13H8IN3O2/c14-8-6-15-17(7-8)12-5-10(13(18)19)9-3-1-2-4-11(9)16-12/h1-7H,(H,18,19). The van der Waals surface area contributed by atoms with Crippen molar-refractivity contribution in [1.82, 2.24) is 14.8 Å². The molecule has 0 radical (unpaired) electrons. The highest BCUT2D eigenvalue weighted by Crippen LogP contribution is 2.20. The Morgan fingerprint density at radius 3 is 2.79 bits per heavy atom. The van der Waals surface area contributed by atoms with E-state index in [0.29, 0.717) is 16.7 Å². The molecule has 3 aromatic rings. The molecule has 3 rings (SSSR count). The highest BCUT2D eigenvalue weighted by atomic mass is 127. The van der Waals surface area contributed by atoms with Gasteiger partial charge in [0.05, 0.1) is 20.8 Å². The van der Waals surface area contributed by atoms with E-state index in [4.69, 9.17) is 0 Å². The maximum absolute atomic E-state index is 11.3. The molecule has 0 bridgehead atoms. The Morgan fingerprint density at radius 2 is 2.11 bits per heavy atom. The molecular formula is C13H8IN3O2. The Balaban J connectivity index is 2.30. The number of carbonyl (C=O) groups is 1. The Morgan fingerprint density at radius 1 is 1.32 bits per heavy atom. The number of halogens is 1. The van der Waals surface area contributed by atoms with Gasteiger partial charge in [0.1, 0.15) is 0 Å². The summed E-state index contributed by atoms with van der Waals surface area (Å²) in [5, 5.41) is 14.1. The van der Waals surface area contributed by atoms with E-state index in [-0.39, 0.29) is 5.56 Å². The molecule has 2 heterocycles. The fourth-order valence-electron chi connectivity index (χ4n) is 1.88. The third-order valence-corrected chi connectivity index (χ3v) is 3.28. The van der Waals surface area contributed by atoms with Crippen LogP contribution in [-0.2, 0) is 0 Å². The molecule has 6 heteroatoms. The summed E-state index contributed by atoms with van der Waals surface area (Å²) in [7, 11) is 0. The van der Waals surface area contributed by atoms with Gasteiger partial charge in [-0.3, -0.25) is 0 Å². The van der Waals surface area contributed by atoms with Gasteiger partial charge < -0.3 is 5.11 Å². The average Bonchev–Trinajstić information content (AvgIpc) is 2.84. The van der Waals surface area contributed by atoms with E-state index in [9.17, 15) is 9.90 Å². The first-order valence-electron chi connectivity index (χ1n) is 5.49. The summed E-state index contributed by atoms with van der Waals surface area (Å²) in [5.74, 6) is -0.472. The zero-order valence-corrected chi connectivity index (χ0v) is 11.8. The number of hydrogen-bond donors (Lipinski definition) is 1. The van der Waals surface area contributed by atoms with Gasteiger partial charge in [0.25, 0.3) is 0 Å². The maximum Gasteiger partial charge on any atom is 0.336 e. The number of carboxylic acids is 1. The van der Waals surface area contributed by atoms with E-state index in [1.54, 1.807) is 35.3 Å². The van der Waals surface area contributed by atoms with Gasteiger partial charge in [0.2, 0.25) is 0 Å². The molecule has 0 aliphatic rings. The van der Waals surface area contributed by atoms with Crippen LogP contribution in [0.15, 0.2) is 42.7 Å². The second-order valence-electron chi connectivity index (χ2n) is 3.95. The predicted molar refractivity (Wildman–Crippen MR) is 78.5 cm³/mol. The Labute approximate surface area is 122 Å². The number of hydrogen-bond acceptors (Lipinski definition) is 3. The number of benzene rings is 1. The molecular weight excluding hydrogens is 357 g/mol. The van der Waals surface area contributed by atoms with E-state index in [2.05, 4.69) is 32.7 Å². The van der Waals surface area contributed by atoms with Gasteiger partial charge in [-0.05, 0) is 34.7 Å². The van der Waals surface area contributed by atoms with Crippen LogP contribution in [0.25, 0.3) is 16.7 Å². The number of aromatic nitrogens is 3. The van der Waals surface area contributed by atoms with Crippen LogP contribution in [0, 0.1) is 3.57 Å². The number of fused-ring (bicyclic) bond motifs is 1. The van der Waals surface area contributed by atoms with Crippen LogP contribution >= 0.6 is 22.6 Å². The molecule has 0 amide bonds.